The van der Waals surface area contributed by atoms with E-state index >= 15 is 0 Å². The smallest absolute Gasteiger partial charge is 0.234 e. The van der Waals surface area contributed by atoms with E-state index in [2.05, 4.69) is 9.80 Å². The average Bonchev–Trinajstić information content (AvgIpc) is 3.08. The van der Waals surface area contributed by atoms with Crippen LogP contribution in [-0.4, -0.2) is 59.4 Å². The van der Waals surface area contributed by atoms with Gasteiger partial charge in [-0.05, 0) is 48.2 Å². The van der Waals surface area contributed by atoms with Gasteiger partial charge in [-0.2, -0.15) is 0 Å². The van der Waals surface area contributed by atoms with E-state index in [1.165, 1.54) is 29.2 Å². The standard InChI is InChI=1S/C26H29F2N3O2/c27-20-9-5-18(6-10-20)24(19-7-11-21(28)12-8-19)30-15-13-29(14-16-30)17-31-25(32)22-3-1-2-4-23(22)26(31)33/h5-12,22-24H,1-4,13-17H2/t22-,23-/m1/s1. The van der Waals surface area contributed by atoms with Gasteiger partial charge in [-0.3, -0.25) is 24.3 Å². The van der Waals surface area contributed by atoms with Gasteiger partial charge in [0.1, 0.15) is 11.6 Å². The minimum atomic E-state index is -0.290. The number of hydrogen-bond acceptors (Lipinski definition) is 4. The Bertz CT molecular complexity index is 934. The molecule has 5 rings (SSSR count). The predicted octanol–water partition coefficient (Wildman–Crippen LogP) is 3.80. The molecule has 1 saturated carbocycles. The Morgan fingerprint density at radius 2 is 1.18 bits per heavy atom. The molecule has 0 bridgehead atoms. The van der Waals surface area contributed by atoms with Crippen LogP contribution in [0, 0.1) is 23.5 Å². The Labute approximate surface area is 193 Å². The Balaban J connectivity index is 1.28. The second kappa shape index (κ2) is 9.31. The Morgan fingerprint density at radius 1 is 0.727 bits per heavy atom. The quantitative estimate of drug-likeness (QED) is 0.646. The van der Waals surface area contributed by atoms with Crippen LogP contribution in [0.5, 0.6) is 0 Å². The third kappa shape index (κ3) is 4.44. The van der Waals surface area contributed by atoms with Gasteiger partial charge in [0.25, 0.3) is 0 Å². The molecule has 0 spiro atoms. The number of carbonyl (C=O) groups excluding carboxylic acids is 2. The summed E-state index contributed by atoms with van der Waals surface area (Å²) >= 11 is 0. The molecule has 2 aromatic carbocycles. The molecule has 2 atom stereocenters. The maximum absolute atomic E-state index is 13.5. The van der Waals surface area contributed by atoms with Crippen molar-refractivity contribution in [1.82, 2.24) is 14.7 Å². The zero-order chi connectivity index (χ0) is 22.9. The van der Waals surface area contributed by atoms with E-state index in [4.69, 9.17) is 0 Å². The lowest BCUT2D eigenvalue weighted by molar-refractivity contribution is -0.142. The fraction of sp³-hybridized carbons (Fsp3) is 0.462. The van der Waals surface area contributed by atoms with Crippen molar-refractivity contribution in [3.8, 4) is 0 Å². The fourth-order valence-electron chi connectivity index (χ4n) is 5.64. The number of benzene rings is 2. The molecule has 3 aliphatic rings. The van der Waals surface area contributed by atoms with Crippen molar-refractivity contribution >= 4 is 11.8 Å². The lowest BCUT2D eigenvalue weighted by Crippen LogP contribution is -2.52. The maximum Gasteiger partial charge on any atom is 0.234 e. The van der Waals surface area contributed by atoms with Crippen molar-refractivity contribution in [2.24, 2.45) is 11.8 Å². The zero-order valence-corrected chi connectivity index (χ0v) is 18.6. The summed E-state index contributed by atoms with van der Waals surface area (Å²) in [6, 6.07) is 12.8. The topological polar surface area (TPSA) is 43.9 Å². The van der Waals surface area contributed by atoms with E-state index in [-0.39, 0.29) is 41.3 Å². The number of piperazine rings is 1. The van der Waals surface area contributed by atoms with E-state index in [9.17, 15) is 18.4 Å². The average molecular weight is 454 g/mol. The number of halogens is 2. The molecule has 0 N–H and O–H groups in total. The number of nitrogens with zero attached hydrogens (tertiary/aromatic N) is 3. The predicted molar refractivity (Wildman–Crippen MR) is 120 cm³/mol. The van der Waals surface area contributed by atoms with Crippen molar-refractivity contribution in [1.29, 1.82) is 0 Å². The Kier molecular flexibility index (Phi) is 6.25. The van der Waals surface area contributed by atoms with Crippen LogP contribution in [0.1, 0.15) is 42.9 Å². The molecule has 0 aromatic heterocycles. The van der Waals surface area contributed by atoms with Crippen molar-refractivity contribution in [3.05, 3.63) is 71.3 Å². The van der Waals surface area contributed by atoms with Crippen LogP contribution in [0.4, 0.5) is 8.78 Å². The highest BCUT2D eigenvalue weighted by Gasteiger charge is 2.48. The molecule has 0 unspecified atom stereocenters. The monoisotopic (exact) mass is 453 g/mol. The highest BCUT2D eigenvalue weighted by molar-refractivity contribution is 6.05. The van der Waals surface area contributed by atoms with Gasteiger partial charge in [0, 0.05) is 26.2 Å². The van der Waals surface area contributed by atoms with Crippen molar-refractivity contribution in [2.45, 2.75) is 31.7 Å². The number of likely N-dealkylation sites (tertiary alicyclic amines) is 1. The first-order chi connectivity index (χ1) is 16.0. The molecule has 33 heavy (non-hydrogen) atoms. The third-order valence-electron chi connectivity index (χ3n) is 7.42. The zero-order valence-electron chi connectivity index (χ0n) is 18.6. The second-order valence-corrected chi connectivity index (χ2v) is 9.40. The molecular weight excluding hydrogens is 424 g/mol. The molecule has 0 radical (unpaired) electrons. The van der Waals surface area contributed by atoms with E-state index in [0.717, 1.165) is 49.9 Å². The minimum absolute atomic E-state index is 0.00244. The summed E-state index contributed by atoms with van der Waals surface area (Å²) in [6.45, 7) is 3.23. The summed E-state index contributed by atoms with van der Waals surface area (Å²) in [5, 5.41) is 0. The van der Waals surface area contributed by atoms with Crippen molar-refractivity contribution in [3.63, 3.8) is 0 Å². The summed E-state index contributed by atoms with van der Waals surface area (Å²) in [4.78, 5) is 31.6. The molecule has 2 amide bonds. The lowest BCUT2D eigenvalue weighted by atomic mass is 9.81. The van der Waals surface area contributed by atoms with E-state index in [1.54, 1.807) is 24.3 Å². The molecule has 2 heterocycles. The summed E-state index contributed by atoms with van der Waals surface area (Å²) in [5.41, 5.74) is 1.90. The van der Waals surface area contributed by atoms with Crippen LogP contribution in [0.25, 0.3) is 0 Å². The largest absolute Gasteiger partial charge is 0.290 e. The van der Waals surface area contributed by atoms with Gasteiger partial charge in [0.15, 0.2) is 0 Å². The van der Waals surface area contributed by atoms with Gasteiger partial charge in [0.05, 0.1) is 24.5 Å². The lowest BCUT2D eigenvalue weighted by Gasteiger charge is -2.40. The SMILES string of the molecule is O=C1[C@@H]2CCCC[C@H]2C(=O)N1CN1CCN(C(c2ccc(F)cc2)c2ccc(F)cc2)CC1. The van der Waals surface area contributed by atoms with Crippen LogP contribution < -0.4 is 0 Å². The molecule has 5 nitrogen and oxygen atoms in total. The molecule has 7 heteroatoms. The minimum Gasteiger partial charge on any atom is -0.290 e. The third-order valence-corrected chi connectivity index (χ3v) is 7.42. The van der Waals surface area contributed by atoms with Gasteiger partial charge in [-0.25, -0.2) is 8.78 Å². The number of amides is 2. The first-order valence-corrected chi connectivity index (χ1v) is 11.8. The van der Waals surface area contributed by atoms with Crippen molar-refractivity contribution < 1.29 is 18.4 Å². The highest BCUT2D eigenvalue weighted by atomic mass is 19.1. The van der Waals surface area contributed by atoms with Crippen LogP contribution in [-0.2, 0) is 9.59 Å². The van der Waals surface area contributed by atoms with Gasteiger partial charge in [0.2, 0.25) is 11.8 Å². The summed E-state index contributed by atoms with van der Waals surface area (Å²) in [7, 11) is 0. The molecule has 174 valence electrons. The number of rotatable bonds is 5. The summed E-state index contributed by atoms with van der Waals surface area (Å²) in [6.07, 6.45) is 3.72. The van der Waals surface area contributed by atoms with Gasteiger partial charge < -0.3 is 0 Å². The van der Waals surface area contributed by atoms with Gasteiger partial charge in [-0.1, -0.05) is 37.1 Å². The van der Waals surface area contributed by atoms with Crippen LogP contribution in [0.3, 0.4) is 0 Å². The molecule has 3 fully saturated rings. The molecule has 1 aliphatic carbocycles. The fourth-order valence-corrected chi connectivity index (χ4v) is 5.64. The Morgan fingerprint density at radius 3 is 1.64 bits per heavy atom. The molecular formula is C26H29F2N3O2. The Hall–Kier alpha value is -2.64. The van der Waals surface area contributed by atoms with Crippen LogP contribution >= 0.6 is 0 Å². The summed E-state index contributed by atoms with van der Waals surface area (Å²) in [5.74, 6) is -0.808. The maximum atomic E-state index is 13.5. The first-order valence-electron chi connectivity index (χ1n) is 11.8. The molecule has 2 saturated heterocycles. The van der Waals surface area contributed by atoms with Gasteiger partial charge in [-0.15, -0.1) is 0 Å². The second-order valence-electron chi connectivity index (χ2n) is 9.40. The van der Waals surface area contributed by atoms with Crippen LogP contribution in [0.2, 0.25) is 0 Å². The van der Waals surface area contributed by atoms with Crippen LogP contribution in [0.15, 0.2) is 48.5 Å². The van der Waals surface area contributed by atoms with E-state index in [1.807, 2.05) is 0 Å². The first kappa shape index (κ1) is 22.2. The number of fused-ring (bicyclic) bond motifs is 1. The normalized spacial score (nSPS) is 24.5. The van der Waals surface area contributed by atoms with E-state index in [0.29, 0.717) is 19.8 Å². The number of carbonyl (C=O) groups is 2. The molecule has 2 aromatic rings. The number of imide groups is 1. The van der Waals surface area contributed by atoms with Gasteiger partial charge >= 0.3 is 0 Å². The highest BCUT2D eigenvalue weighted by Crippen LogP contribution is 2.38. The summed E-state index contributed by atoms with van der Waals surface area (Å²) < 4.78 is 27.1. The van der Waals surface area contributed by atoms with E-state index < -0.39 is 0 Å². The van der Waals surface area contributed by atoms with Crippen molar-refractivity contribution in [2.75, 3.05) is 32.8 Å². The molecule has 2 aliphatic heterocycles. The number of hydrogen-bond donors (Lipinski definition) is 0.